The molecule has 17 heavy (non-hydrogen) atoms. The highest BCUT2D eigenvalue weighted by Crippen LogP contribution is 2.10. The Kier molecular flexibility index (Phi) is 5.14. The zero-order chi connectivity index (χ0) is 12.7. The predicted molar refractivity (Wildman–Crippen MR) is 66.7 cm³/mol. The number of benzene rings is 1. The van der Waals surface area contributed by atoms with Crippen molar-refractivity contribution in [1.29, 1.82) is 0 Å². The molecule has 0 heterocycles. The van der Waals surface area contributed by atoms with E-state index in [9.17, 15) is 8.42 Å². The average molecular weight is 256 g/mol. The molecular weight excluding hydrogens is 240 g/mol. The van der Waals surface area contributed by atoms with Crippen LogP contribution in [0.1, 0.15) is 12.5 Å². The summed E-state index contributed by atoms with van der Waals surface area (Å²) in [7, 11) is -1.79. The summed E-state index contributed by atoms with van der Waals surface area (Å²) in [5, 5.41) is 1.09. The fourth-order valence-electron chi connectivity index (χ4n) is 1.20. The molecule has 2 N–H and O–H groups in total. The van der Waals surface area contributed by atoms with Gasteiger partial charge in [0.05, 0.1) is 7.11 Å². The van der Waals surface area contributed by atoms with Gasteiger partial charge in [-0.1, -0.05) is 18.2 Å². The van der Waals surface area contributed by atoms with Crippen molar-refractivity contribution in [3.63, 3.8) is 0 Å². The van der Waals surface area contributed by atoms with Crippen LogP contribution in [-0.2, 0) is 16.6 Å². The first kappa shape index (κ1) is 13.7. The molecule has 0 amide bonds. The lowest BCUT2D eigenvalue weighted by atomic mass is 10.2. The van der Waals surface area contributed by atoms with Crippen molar-refractivity contribution in [2.75, 3.05) is 7.11 Å². The number of sulfonamides is 1. The van der Waals surface area contributed by atoms with E-state index in [1.165, 1.54) is 6.08 Å². The van der Waals surface area contributed by atoms with Gasteiger partial charge >= 0.3 is 0 Å². The molecule has 1 aromatic carbocycles. The van der Waals surface area contributed by atoms with E-state index in [0.717, 1.165) is 16.7 Å². The Morgan fingerprint density at radius 1 is 1.29 bits per heavy atom. The minimum atomic E-state index is -3.38. The fraction of sp³-hybridized carbons (Fsp3) is 0.273. The molecule has 5 nitrogen and oxygen atoms in total. The lowest BCUT2D eigenvalue weighted by molar-refractivity contribution is 0.414. The highest BCUT2D eigenvalue weighted by molar-refractivity contribution is 7.92. The lowest BCUT2D eigenvalue weighted by Crippen LogP contribution is -2.35. The molecule has 1 aromatic rings. The molecule has 6 heteroatoms. The molecule has 0 atom stereocenters. The number of hydrogen-bond donors (Lipinski definition) is 2. The zero-order valence-electron chi connectivity index (χ0n) is 9.80. The SMILES string of the molecule is CC=CS(=O)(=O)NNCc1ccc(OC)cc1. The van der Waals surface area contributed by atoms with Gasteiger partial charge in [0.1, 0.15) is 5.75 Å². The van der Waals surface area contributed by atoms with Crippen LogP contribution in [-0.4, -0.2) is 15.5 Å². The van der Waals surface area contributed by atoms with Crippen LogP contribution < -0.4 is 15.0 Å². The summed E-state index contributed by atoms with van der Waals surface area (Å²) in [5.41, 5.74) is 3.59. The second-order valence-electron chi connectivity index (χ2n) is 3.32. The summed E-state index contributed by atoms with van der Waals surface area (Å²) in [6, 6.07) is 7.35. The number of allylic oxidation sites excluding steroid dienone is 1. The Hall–Kier alpha value is -1.37. The number of methoxy groups -OCH3 is 1. The lowest BCUT2D eigenvalue weighted by Gasteiger charge is -2.06. The molecule has 0 unspecified atom stereocenters. The van der Waals surface area contributed by atoms with Crippen molar-refractivity contribution in [3.8, 4) is 5.75 Å². The molecule has 0 spiro atoms. The summed E-state index contributed by atoms with van der Waals surface area (Å²) in [6.45, 7) is 2.05. The summed E-state index contributed by atoms with van der Waals surface area (Å²) in [4.78, 5) is 2.24. The number of nitrogens with one attached hydrogen (secondary N) is 2. The molecule has 94 valence electrons. The first-order valence-electron chi connectivity index (χ1n) is 5.07. The van der Waals surface area contributed by atoms with Crippen molar-refractivity contribution in [1.82, 2.24) is 10.3 Å². The monoisotopic (exact) mass is 256 g/mol. The summed E-state index contributed by atoms with van der Waals surface area (Å²) in [5.74, 6) is 0.767. The predicted octanol–water partition coefficient (Wildman–Crippen LogP) is 1.15. The minimum absolute atomic E-state index is 0.404. The Labute approximate surface area is 102 Å². The fourth-order valence-corrected chi connectivity index (χ4v) is 1.89. The van der Waals surface area contributed by atoms with E-state index >= 15 is 0 Å². The van der Waals surface area contributed by atoms with Gasteiger partial charge in [-0.25, -0.2) is 13.8 Å². The third-order valence-corrected chi connectivity index (χ3v) is 3.04. The van der Waals surface area contributed by atoms with Gasteiger partial charge in [0.25, 0.3) is 0 Å². The molecule has 0 radical (unpaired) electrons. The van der Waals surface area contributed by atoms with Crippen molar-refractivity contribution in [3.05, 3.63) is 41.3 Å². The zero-order valence-corrected chi connectivity index (χ0v) is 10.6. The molecule has 1 rings (SSSR count). The topological polar surface area (TPSA) is 67.4 Å². The van der Waals surface area contributed by atoms with Gasteiger partial charge in [0.2, 0.25) is 10.0 Å². The molecule has 0 aromatic heterocycles. The quantitative estimate of drug-likeness (QED) is 0.749. The van der Waals surface area contributed by atoms with Crippen LogP contribution in [0, 0.1) is 0 Å². The van der Waals surface area contributed by atoms with Crippen molar-refractivity contribution < 1.29 is 13.2 Å². The van der Waals surface area contributed by atoms with Gasteiger partial charge in [-0.15, -0.1) is 4.83 Å². The second-order valence-corrected chi connectivity index (χ2v) is 4.88. The van der Waals surface area contributed by atoms with E-state index in [-0.39, 0.29) is 0 Å². The minimum Gasteiger partial charge on any atom is -0.497 e. The number of rotatable bonds is 6. The second kappa shape index (κ2) is 6.39. The van der Waals surface area contributed by atoms with Crippen LogP contribution in [0.3, 0.4) is 0 Å². The van der Waals surface area contributed by atoms with E-state index < -0.39 is 10.0 Å². The van der Waals surface area contributed by atoms with Crippen molar-refractivity contribution in [2.24, 2.45) is 0 Å². The Morgan fingerprint density at radius 2 is 1.94 bits per heavy atom. The summed E-state index contributed by atoms with van der Waals surface area (Å²) in [6.07, 6.45) is 1.46. The normalized spacial score (nSPS) is 11.9. The molecule has 0 saturated heterocycles. The Balaban J connectivity index is 2.46. The molecule has 0 saturated carbocycles. The van der Waals surface area contributed by atoms with E-state index in [1.807, 2.05) is 24.3 Å². The third kappa shape index (κ3) is 4.99. The van der Waals surface area contributed by atoms with E-state index in [0.29, 0.717) is 6.54 Å². The van der Waals surface area contributed by atoms with Crippen LogP contribution in [0.5, 0.6) is 5.75 Å². The van der Waals surface area contributed by atoms with Crippen LogP contribution in [0.4, 0.5) is 0 Å². The summed E-state index contributed by atoms with van der Waals surface area (Å²) < 4.78 is 27.5. The average Bonchev–Trinajstić information content (AvgIpc) is 2.29. The first-order chi connectivity index (χ1) is 8.07. The number of hydrazine groups is 1. The maximum absolute atomic E-state index is 11.2. The van der Waals surface area contributed by atoms with Gasteiger partial charge < -0.3 is 4.74 Å². The van der Waals surface area contributed by atoms with Crippen LogP contribution in [0.25, 0.3) is 0 Å². The molecule has 0 aliphatic heterocycles. The highest BCUT2D eigenvalue weighted by Gasteiger charge is 2.02. The van der Waals surface area contributed by atoms with Gasteiger partial charge in [0, 0.05) is 12.0 Å². The van der Waals surface area contributed by atoms with Gasteiger partial charge in [-0.3, -0.25) is 0 Å². The van der Waals surface area contributed by atoms with Gasteiger partial charge in [-0.05, 0) is 24.6 Å². The van der Waals surface area contributed by atoms with E-state index in [1.54, 1.807) is 14.0 Å². The highest BCUT2D eigenvalue weighted by atomic mass is 32.2. The van der Waals surface area contributed by atoms with Gasteiger partial charge in [0.15, 0.2) is 0 Å². The summed E-state index contributed by atoms with van der Waals surface area (Å²) >= 11 is 0. The Bertz CT molecular complexity index is 466. The molecule has 0 bridgehead atoms. The molecule has 0 fully saturated rings. The van der Waals surface area contributed by atoms with Crippen molar-refractivity contribution in [2.45, 2.75) is 13.5 Å². The Morgan fingerprint density at radius 3 is 2.47 bits per heavy atom. The standard InChI is InChI=1S/C11H16N2O3S/c1-3-8-17(14,15)13-12-9-10-4-6-11(16-2)7-5-10/h3-8,12-13H,9H2,1-2H3. The molecular formula is C11H16N2O3S. The maximum Gasteiger partial charge on any atom is 0.246 e. The van der Waals surface area contributed by atoms with Crippen molar-refractivity contribution >= 4 is 10.0 Å². The van der Waals surface area contributed by atoms with Crippen LogP contribution in [0.2, 0.25) is 0 Å². The largest absolute Gasteiger partial charge is 0.497 e. The van der Waals surface area contributed by atoms with E-state index in [4.69, 9.17) is 4.74 Å². The first-order valence-corrected chi connectivity index (χ1v) is 6.62. The molecule has 0 aliphatic carbocycles. The van der Waals surface area contributed by atoms with Crippen LogP contribution in [0.15, 0.2) is 35.7 Å². The molecule has 0 aliphatic rings. The third-order valence-electron chi connectivity index (χ3n) is 1.98. The number of hydrogen-bond acceptors (Lipinski definition) is 4. The number of ether oxygens (including phenoxy) is 1. The van der Waals surface area contributed by atoms with E-state index in [2.05, 4.69) is 10.3 Å². The smallest absolute Gasteiger partial charge is 0.246 e. The maximum atomic E-state index is 11.2. The van der Waals surface area contributed by atoms with Gasteiger partial charge in [-0.2, -0.15) is 0 Å². The van der Waals surface area contributed by atoms with Crippen LogP contribution >= 0.6 is 0 Å².